The maximum Gasteiger partial charge on any atom is 0.133 e. The molecule has 4 nitrogen and oxygen atoms in total. The van der Waals surface area contributed by atoms with Crippen LogP contribution in [-0.2, 0) is 0 Å². The lowest BCUT2D eigenvalue weighted by molar-refractivity contribution is 0.341. The van der Waals surface area contributed by atoms with Crippen LogP contribution in [-0.4, -0.2) is 25.9 Å². The predicted octanol–water partition coefficient (Wildman–Crippen LogP) is 5.07. The van der Waals surface area contributed by atoms with Gasteiger partial charge in [0.1, 0.15) is 11.6 Å². The van der Waals surface area contributed by atoms with E-state index in [2.05, 4.69) is 53.3 Å². The number of nitrogens with one attached hydrogen (secondary N) is 1. The van der Waals surface area contributed by atoms with Gasteiger partial charge in [-0.15, -0.1) is 0 Å². The third-order valence-electron chi connectivity index (χ3n) is 4.35. The second kappa shape index (κ2) is 10.5. The predicted molar refractivity (Wildman–Crippen MR) is 122 cm³/mol. The zero-order valence-electron chi connectivity index (χ0n) is 17.4. The van der Waals surface area contributed by atoms with Crippen LogP contribution in [0.4, 0.5) is 0 Å². The highest BCUT2D eigenvalue weighted by atomic mass is 16.5. The fourth-order valence-corrected chi connectivity index (χ4v) is 3.18. The largest absolute Gasteiger partial charge is 0.494 e. The molecule has 148 valence electrons. The lowest BCUT2D eigenvalue weighted by Crippen LogP contribution is -2.23. The van der Waals surface area contributed by atoms with Crippen molar-refractivity contribution in [1.82, 2.24) is 5.32 Å². The number of hydrogen-bond donors (Lipinski definition) is 2. The van der Waals surface area contributed by atoms with Crippen molar-refractivity contribution in [2.24, 2.45) is 10.7 Å². The molecule has 2 rings (SSSR count). The van der Waals surface area contributed by atoms with Gasteiger partial charge in [0, 0.05) is 24.9 Å². The minimum absolute atomic E-state index is 0.537. The maximum atomic E-state index is 5.68. The van der Waals surface area contributed by atoms with Crippen LogP contribution in [0.3, 0.4) is 0 Å². The van der Waals surface area contributed by atoms with E-state index in [1.165, 1.54) is 0 Å². The Kier molecular flexibility index (Phi) is 8.02. The van der Waals surface area contributed by atoms with E-state index in [1.807, 2.05) is 33.8 Å². The van der Waals surface area contributed by atoms with Crippen molar-refractivity contribution in [3.8, 4) is 5.75 Å². The lowest BCUT2D eigenvalue weighted by atomic mass is 9.91. The van der Waals surface area contributed by atoms with Gasteiger partial charge in [0.15, 0.2) is 0 Å². The third-order valence-corrected chi connectivity index (χ3v) is 4.35. The molecule has 0 saturated carbocycles. The van der Waals surface area contributed by atoms with Gasteiger partial charge in [-0.2, -0.15) is 0 Å². The third kappa shape index (κ3) is 5.11. The summed E-state index contributed by atoms with van der Waals surface area (Å²) in [5.41, 5.74) is 9.84. The van der Waals surface area contributed by atoms with Gasteiger partial charge in [0.05, 0.1) is 6.61 Å². The topological polar surface area (TPSA) is 59.6 Å². The average Bonchev–Trinajstić information content (AvgIpc) is 2.69. The van der Waals surface area contributed by atoms with Gasteiger partial charge in [-0.1, -0.05) is 30.9 Å². The molecule has 0 spiro atoms. The molecule has 0 atom stereocenters. The molecule has 0 radical (unpaired) electrons. The van der Waals surface area contributed by atoms with Gasteiger partial charge in [-0.05, 0) is 73.4 Å². The van der Waals surface area contributed by atoms with Gasteiger partial charge in [-0.3, -0.25) is 0 Å². The first-order valence-corrected chi connectivity index (χ1v) is 9.72. The molecule has 0 heterocycles. The van der Waals surface area contributed by atoms with Gasteiger partial charge in [0.25, 0.3) is 0 Å². The number of rotatable bonds is 9. The summed E-state index contributed by atoms with van der Waals surface area (Å²) in [6.07, 6.45) is 3.89. The van der Waals surface area contributed by atoms with Crippen molar-refractivity contribution in [2.75, 3.05) is 19.7 Å². The fourth-order valence-electron chi connectivity index (χ4n) is 3.18. The molecular weight excluding hydrogens is 346 g/mol. The number of nitrogens with zero attached hydrogens (tertiary/aromatic N) is 1. The van der Waals surface area contributed by atoms with E-state index in [1.54, 1.807) is 6.21 Å². The highest BCUT2D eigenvalue weighted by Gasteiger charge is 2.14. The number of aliphatic imine (C=N–C) groups is 1. The lowest BCUT2D eigenvalue weighted by Gasteiger charge is -2.18. The first kappa shape index (κ1) is 21.5. The molecule has 0 bridgehead atoms. The number of ether oxygens (including phenoxy) is 1. The van der Waals surface area contributed by atoms with E-state index in [9.17, 15) is 0 Å². The maximum absolute atomic E-state index is 5.68. The number of nitrogens with two attached hydrogens (primary N) is 1. The van der Waals surface area contributed by atoms with Gasteiger partial charge in [0.2, 0.25) is 0 Å². The van der Waals surface area contributed by atoms with Crippen LogP contribution in [0.1, 0.15) is 33.3 Å². The molecule has 2 aromatic rings. The molecular formula is C24H31N3O. The summed E-state index contributed by atoms with van der Waals surface area (Å²) in [4.78, 5) is 4.54. The average molecular weight is 378 g/mol. The van der Waals surface area contributed by atoms with Crippen LogP contribution >= 0.6 is 0 Å². The van der Waals surface area contributed by atoms with Gasteiger partial charge >= 0.3 is 0 Å². The highest BCUT2D eigenvalue weighted by molar-refractivity contribution is 5.91. The van der Waals surface area contributed by atoms with Gasteiger partial charge in [-0.25, -0.2) is 4.99 Å². The number of benzene rings is 2. The molecule has 0 aliphatic rings. The van der Waals surface area contributed by atoms with E-state index in [-0.39, 0.29) is 0 Å². The van der Waals surface area contributed by atoms with Crippen molar-refractivity contribution in [1.29, 1.82) is 0 Å². The Balaban J connectivity index is 2.57. The molecule has 0 saturated heterocycles. The molecule has 2 aromatic carbocycles. The van der Waals surface area contributed by atoms with Crippen molar-refractivity contribution in [2.45, 2.75) is 27.7 Å². The minimum atomic E-state index is 0.537. The van der Waals surface area contributed by atoms with Crippen LogP contribution in [0.2, 0.25) is 0 Å². The first-order valence-electron chi connectivity index (χ1n) is 9.72. The Morgan fingerprint density at radius 2 is 1.89 bits per heavy atom. The molecule has 28 heavy (non-hydrogen) atoms. The summed E-state index contributed by atoms with van der Waals surface area (Å²) in [6, 6.07) is 12.6. The summed E-state index contributed by atoms with van der Waals surface area (Å²) in [5.74, 6) is 1.68. The van der Waals surface area contributed by atoms with Crippen molar-refractivity contribution >= 4 is 22.6 Å². The quantitative estimate of drug-likeness (QED) is 0.474. The Bertz CT molecular complexity index is 923. The second-order valence-corrected chi connectivity index (χ2v) is 6.47. The molecule has 0 aromatic heterocycles. The Hall–Kier alpha value is -2.85. The summed E-state index contributed by atoms with van der Waals surface area (Å²) in [6.45, 7) is 14.0. The smallest absolute Gasteiger partial charge is 0.133 e. The summed E-state index contributed by atoms with van der Waals surface area (Å²) in [5, 5.41) is 5.65. The van der Waals surface area contributed by atoms with Crippen LogP contribution in [0.5, 0.6) is 5.75 Å². The molecule has 0 aliphatic heterocycles. The second-order valence-electron chi connectivity index (χ2n) is 6.47. The van der Waals surface area contributed by atoms with E-state index in [0.717, 1.165) is 44.6 Å². The van der Waals surface area contributed by atoms with Crippen LogP contribution in [0, 0.1) is 0 Å². The highest BCUT2D eigenvalue weighted by Crippen LogP contribution is 2.32. The molecule has 0 unspecified atom stereocenters. The molecule has 3 N–H and O–H groups in total. The monoisotopic (exact) mass is 377 g/mol. The van der Waals surface area contributed by atoms with Crippen LogP contribution < -0.4 is 15.8 Å². The van der Waals surface area contributed by atoms with Crippen molar-refractivity contribution < 1.29 is 4.74 Å². The Morgan fingerprint density at radius 1 is 1.18 bits per heavy atom. The molecule has 0 aliphatic carbocycles. The van der Waals surface area contributed by atoms with E-state index < -0.39 is 0 Å². The standard InChI is InChI=1S/C24H31N3O/c1-6-22(23(17(4)5)24(26-7-2)27-14-13-25)20-10-9-19-16-21(28-8-3)12-11-18(19)15-20/h6-7,9-12,15-16,27H,4,8,13-14,25H2,1-3,5H3/b22-6-,24-23-,26-7?. The van der Waals surface area contributed by atoms with Crippen molar-refractivity contribution in [3.63, 3.8) is 0 Å². The molecule has 4 heteroatoms. The normalized spacial score (nSPS) is 13.0. The SMILES string of the molecule is C=C(C)C(/C(=C\C)c1ccc2cc(OCC)ccc2c1)=C(\N=CC)NCCN. The molecule has 0 fully saturated rings. The number of allylic oxidation sites excluding steroid dienone is 4. The van der Waals surface area contributed by atoms with Crippen LogP contribution in [0.25, 0.3) is 16.3 Å². The summed E-state index contributed by atoms with van der Waals surface area (Å²) < 4.78 is 5.61. The zero-order chi connectivity index (χ0) is 20.5. The van der Waals surface area contributed by atoms with E-state index in [0.29, 0.717) is 19.7 Å². The van der Waals surface area contributed by atoms with E-state index in [4.69, 9.17) is 10.5 Å². The summed E-state index contributed by atoms with van der Waals surface area (Å²) >= 11 is 0. The Labute approximate surface area is 168 Å². The fraction of sp³-hybridized carbons (Fsp3) is 0.292. The van der Waals surface area contributed by atoms with Gasteiger partial charge < -0.3 is 15.8 Å². The van der Waals surface area contributed by atoms with E-state index >= 15 is 0 Å². The van der Waals surface area contributed by atoms with Crippen LogP contribution in [0.15, 0.2) is 71.0 Å². The first-order chi connectivity index (χ1) is 13.5. The molecule has 0 amide bonds. The Morgan fingerprint density at radius 3 is 2.50 bits per heavy atom. The minimum Gasteiger partial charge on any atom is -0.494 e. The van der Waals surface area contributed by atoms with Crippen molar-refractivity contribution in [3.05, 3.63) is 71.6 Å². The number of hydrogen-bond acceptors (Lipinski definition) is 4. The summed E-state index contributed by atoms with van der Waals surface area (Å²) in [7, 11) is 0. The zero-order valence-corrected chi connectivity index (χ0v) is 17.4. The number of fused-ring (bicyclic) bond motifs is 1.